The maximum absolute atomic E-state index is 12.0. The van der Waals surface area contributed by atoms with E-state index in [0.717, 1.165) is 11.1 Å². The van der Waals surface area contributed by atoms with E-state index >= 15 is 0 Å². The number of rotatable bonds is 10. The molecule has 9 nitrogen and oxygen atoms in total. The Labute approximate surface area is 150 Å². The van der Waals surface area contributed by atoms with Crippen LogP contribution in [-0.4, -0.2) is 51.8 Å². The number of benzene rings is 1. The number of hydrogen-bond donors (Lipinski definition) is 2. The minimum absolute atomic E-state index is 0.118. The number of amides is 1. The van der Waals surface area contributed by atoms with E-state index in [1.54, 1.807) is 0 Å². The Morgan fingerprint density at radius 1 is 1.31 bits per heavy atom. The van der Waals surface area contributed by atoms with Crippen molar-refractivity contribution in [3.05, 3.63) is 41.2 Å². The first-order chi connectivity index (χ1) is 12.5. The van der Waals surface area contributed by atoms with Gasteiger partial charge in [-0.1, -0.05) is 17.3 Å². The summed E-state index contributed by atoms with van der Waals surface area (Å²) in [6, 6.07) is 5.74. The molecule has 0 unspecified atom stereocenters. The van der Waals surface area contributed by atoms with E-state index in [2.05, 4.69) is 15.6 Å². The molecule has 2 N–H and O–H groups in total. The third-order valence-electron chi connectivity index (χ3n) is 3.45. The van der Waals surface area contributed by atoms with Crippen LogP contribution in [0.15, 0.2) is 24.4 Å². The fourth-order valence-electron chi connectivity index (χ4n) is 2.17. The van der Waals surface area contributed by atoms with Crippen molar-refractivity contribution in [3.8, 4) is 5.75 Å². The molecule has 0 saturated heterocycles. The molecule has 0 aliphatic carbocycles. The Hall–Kier alpha value is -2.94. The number of carbonyl (C=O) groups is 2. The van der Waals surface area contributed by atoms with Gasteiger partial charge in [-0.15, -0.1) is 5.10 Å². The van der Waals surface area contributed by atoms with Gasteiger partial charge < -0.3 is 19.9 Å². The van der Waals surface area contributed by atoms with Crippen LogP contribution in [0.25, 0.3) is 0 Å². The van der Waals surface area contributed by atoms with Crippen LogP contribution in [0, 0.1) is 6.92 Å². The van der Waals surface area contributed by atoms with Gasteiger partial charge in [-0.3, -0.25) is 4.79 Å². The van der Waals surface area contributed by atoms with Crippen molar-refractivity contribution in [1.82, 2.24) is 20.3 Å². The zero-order chi connectivity index (χ0) is 18.9. The van der Waals surface area contributed by atoms with Gasteiger partial charge in [-0.05, 0) is 25.5 Å². The molecular weight excluding hydrogens is 340 g/mol. The maximum Gasteiger partial charge on any atom is 0.358 e. The lowest BCUT2D eigenvalue weighted by Gasteiger charge is -2.13. The predicted molar refractivity (Wildman–Crippen MR) is 92.0 cm³/mol. The number of nitrogens with zero attached hydrogens (tertiary/aromatic N) is 3. The van der Waals surface area contributed by atoms with Crippen molar-refractivity contribution in [2.24, 2.45) is 0 Å². The Balaban J connectivity index is 1.90. The summed E-state index contributed by atoms with van der Waals surface area (Å²) in [5.74, 6) is -0.809. The second-order valence-corrected chi connectivity index (χ2v) is 5.54. The van der Waals surface area contributed by atoms with Gasteiger partial charge in [0.25, 0.3) is 0 Å². The highest BCUT2D eigenvalue weighted by atomic mass is 16.5. The molecule has 1 aromatic carbocycles. The molecule has 1 aromatic heterocycles. The standard InChI is InChI=1S/C17H22N4O5/c1-3-25-6-7-26-15-8-12(2)4-5-13(15)9-18-16(22)11-21-10-14(17(23)24)19-20-21/h4-5,8,10H,3,6-7,9,11H2,1-2H3,(H,18,22)(H,23,24). The molecule has 1 heterocycles. The van der Waals surface area contributed by atoms with E-state index < -0.39 is 5.97 Å². The van der Waals surface area contributed by atoms with Gasteiger partial charge in [0.2, 0.25) is 5.91 Å². The van der Waals surface area contributed by atoms with E-state index in [4.69, 9.17) is 14.6 Å². The van der Waals surface area contributed by atoms with Gasteiger partial charge in [0, 0.05) is 18.7 Å². The topological polar surface area (TPSA) is 116 Å². The zero-order valence-electron chi connectivity index (χ0n) is 14.8. The number of ether oxygens (including phenoxy) is 2. The van der Waals surface area contributed by atoms with Gasteiger partial charge >= 0.3 is 5.97 Å². The van der Waals surface area contributed by atoms with Crippen LogP contribution in [0.1, 0.15) is 28.5 Å². The van der Waals surface area contributed by atoms with Crippen LogP contribution in [0.3, 0.4) is 0 Å². The van der Waals surface area contributed by atoms with Crippen LogP contribution < -0.4 is 10.1 Å². The molecule has 0 saturated carbocycles. The van der Waals surface area contributed by atoms with Crippen molar-refractivity contribution >= 4 is 11.9 Å². The van der Waals surface area contributed by atoms with Gasteiger partial charge in [0.1, 0.15) is 18.9 Å². The van der Waals surface area contributed by atoms with Gasteiger partial charge in [0.05, 0.1) is 12.8 Å². The lowest BCUT2D eigenvalue weighted by Crippen LogP contribution is -2.27. The first kappa shape index (κ1) is 19.4. The number of hydrogen-bond acceptors (Lipinski definition) is 6. The van der Waals surface area contributed by atoms with Crippen molar-refractivity contribution in [2.45, 2.75) is 26.9 Å². The fraction of sp³-hybridized carbons (Fsp3) is 0.412. The molecule has 0 aliphatic rings. The van der Waals surface area contributed by atoms with Crippen LogP contribution >= 0.6 is 0 Å². The summed E-state index contributed by atoms with van der Waals surface area (Å²) < 4.78 is 12.2. The SMILES string of the molecule is CCOCCOc1cc(C)ccc1CNC(=O)Cn1cc(C(=O)O)nn1. The average molecular weight is 362 g/mol. The van der Waals surface area contributed by atoms with Gasteiger partial charge in [0.15, 0.2) is 5.69 Å². The average Bonchev–Trinajstić information content (AvgIpc) is 3.06. The molecule has 140 valence electrons. The number of aryl methyl sites for hydroxylation is 1. The predicted octanol–water partition coefficient (Wildman–Crippen LogP) is 1.02. The quantitative estimate of drug-likeness (QED) is 0.606. The minimum Gasteiger partial charge on any atom is -0.491 e. The molecule has 2 aromatic rings. The largest absolute Gasteiger partial charge is 0.491 e. The van der Waals surface area contributed by atoms with Crippen LogP contribution in [-0.2, 0) is 22.6 Å². The Morgan fingerprint density at radius 3 is 2.81 bits per heavy atom. The molecule has 0 fully saturated rings. The van der Waals surface area contributed by atoms with Gasteiger partial charge in [-0.2, -0.15) is 0 Å². The molecule has 26 heavy (non-hydrogen) atoms. The van der Waals surface area contributed by atoms with Gasteiger partial charge in [-0.25, -0.2) is 9.48 Å². The number of aromatic nitrogens is 3. The smallest absolute Gasteiger partial charge is 0.358 e. The first-order valence-electron chi connectivity index (χ1n) is 8.19. The molecule has 0 spiro atoms. The molecular formula is C17H22N4O5. The number of carbonyl (C=O) groups excluding carboxylic acids is 1. The Bertz CT molecular complexity index is 759. The zero-order valence-corrected chi connectivity index (χ0v) is 14.8. The molecule has 0 aliphatic heterocycles. The number of carboxylic acids is 1. The Kier molecular flexibility index (Phi) is 7.10. The summed E-state index contributed by atoms with van der Waals surface area (Å²) in [5.41, 5.74) is 1.68. The second kappa shape index (κ2) is 9.52. The van der Waals surface area contributed by atoms with Crippen molar-refractivity contribution in [2.75, 3.05) is 19.8 Å². The summed E-state index contributed by atoms with van der Waals surface area (Å²) in [5, 5.41) is 18.6. The van der Waals surface area contributed by atoms with Crippen molar-refractivity contribution in [1.29, 1.82) is 0 Å². The van der Waals surface area contributed by atoms with Crippen LogP contribution in [0.5, 0.6) is 5.75 Å². The monoisotopic (exact) mass is 362 g/mol. The molecule has 0 bridgehead atoms. The maximum atomic E-state index is 12.0. The lowest BCUT2D eigenvalue weighted by atomic mass is 10.1. The Morgan fingerprint density at radius 2 is 2.12 bits per heavy atom. The van der Waals surface area contributed by atoms with E-state index in [1.165, 1.54) is 10.9 Å². The summed E-state index contributed by atoms with van der Waals surface area (Å²) >= 11 is 0. The minimum atomic E-state index is -1.19. The van der Waals surface area contributed by atoms with E-state index in [0.29, 0.717) is 25.6 Å². The van der Waals surface area contributed by atoms with E-state index in [-0.39, 0.29) is 24.7 Å². The number of aromatic carboxylic acids is 1. The summed E-state index contributed by atoms with van der Waals surface area (Å²) in [7, 11) is 0. The highest BCUT2D eigenvalue weighted by molar-refractivity contribution is 5.84. The van der Waals surface area contributed by atoms with Crippen molar-refractivity contribution < 1.29 is 24.2 Å². The third kappa shape index (κ3) is 5.85. The lowest BCUT2D eigenvalue weighted by molar-refractivity contribution is -0.122. The molecule has 1 amide bonds. The summed E-state index contributed by atoms with van der Waals surface area (Å²) in [6.45, 7) is 5.59. The van der Waals surface area contributed by atoms with Crippen LogP contribution in [0.4, 0.5) is 0 Å². The van der Waals surface area contributed by atoms with Crippen molar-refractivity contribution in [3.63, 3.8) is 0 Å². The molecule has 0 radical (unpaired) electrons. The first-order valence-corrected chi connectivity index (χ1v) is 8.19. The molecule has 2 rings (SSSR count). The molecule has 0 atom stereocenters. The summed E-state index contributed by atoms with van der Waals surface area (Å²) in [6.07, 6.45) is 1.20. The van der Waals surface area contributed by atoms with E-state index in [9.17, 15) is 9.59 Å². The molecule has 9 heteroatoms. The normalized spacial score (nSPS) is 10.5. The van der Waals surface area contributed by atoms with E-state index in [1.807, 2.05) is 32.0 Å². The number of carboxylic acid groups (broad SMARTS) is 1. The van der Waals surface area contributed by atoms with Crippen LogP contribution in [0.2, 0.25) is 0 Å². The number of nitrogens with one attached hydrogen (secondary N) is 1. The third-order valence-corrected chi connectivity index (χ3v) is 3.45. The second-order valence-electron chi connectivity index (χ2n) is 5.54. The highest BCUT2D eigenvalue weighted by Gasteiger charge is 2.11. The highest BCUT2D eigenvalue weighted by Crippen LogP contribution is 2.20. The fourth-order valence-corrected chi connectivity index (χ4v) is 2.17. The summed E-state index contributed by atoms with van der Waals surface area (Å²) in [4.78, 5) is 22.8.